The van der Waals surface area contributed by atoms with E-state index in [2.05, 4.69) is 55.8 Å². The molecule has 0 nitrogen and oxygen atoms in total. The van der Waals surface area contributed by atoms with Gasteiger partial charge in [-0.1, -0.05) is 53.4 Å². The molecule has 0 aliphatic heterocycles. The van der Waals surface area contributed by atoms with E-state index in [-0.39, 0.29) is 0 Å². The van der Waals surface area contributed by atoms with Crippen LogP contribution in [0.4, 0.5) is 0 Å². The second-order valence-corrected chi connectivity index (χ2v) is 6.95. The molecule has 1 fully saturated rings. The first-order valence-corrected chi connectivity index (χ1v) is 7.57. The fraction of sp³-hybridized carbons (Fsp3) is 0.625. The molecule has 1 aliphatic carbocycles. The lowest BCUT2D eigenvalue weighted by molar-refractivity contribution is 0.330. The summed E-state index contributed by atoms with van der Waals surface area (Å²) in [6.07, 6.45) is 5.50. The van der Waals surface area contributed by atoms with E-state index in [4.69, 9.17) is 0 Å². The van der Waals surface area contributed by atoms with Gasteiger partial charge >= 0.3 is 0 Å². The highest BCUT2D eigenvalue weighted by Crippen LogP contribution is 2.52. The van der Waals surface area contributed by atoms with Crippen molar-refractivity contribution in [3.63, 3.8) is 0 Å². The fourth-order valence-electron chi connectivity index (χ4n) is 3.38. The van der Waals surface area contributed by atoms with Crippen LogP contribution in [0.3, 0.4) is 0 Å². The molecule has 1 atom stereocenters. The summed E-state index contributed by atoms with van der Waals surface area (Å²) in [4.78, 5) is 0.512. The van der Waals surface area contributed by atoms with E-state index in [1.807, 2.05) is 0 Å². The second-order valence-electron chi connectivity index (χ2n) is 6.04. The van der Waals surface area contributed by atoms with Crippen LogP contribution in [-0.4, -0.2) is 0 Å². The number of alkyl halides is 1. The van der Waals surface area contributed by atoms with Crippen LogP contribution in [0, 0.1) is 26.2 Å². The van der Waals surface area contributed by atoms with Crippen LogP contribution < -0.4 is 0 Å². The molecule has 1 aromatic carbocycles. The van der Waals surface area contributed by atoms with E-state index in [9.17, 15) is 0 Å². The third-order valence-electron chi connectivity index (χ3n) is 4.35. The molecule has 1 unspecified atom stereocenters. The molecule has 0 radical (unpaired) electrons. The maximum atomic E-state index is 4.00. The van der Waals surface area contributed by atoms with Crippen LogP contribution in [0.1, 0.15) is 59.7 Å². The van der Waals surface area contributed by atoms with Gasteiger partial charge < -0.3 is 0 Å². The molecule has 0 N–H and O–H groups in total. The molecule has 1 aliphatic rings. The van der Waals surface area contributed by atoms with E-state index < -0.39 is 0 Å². The molecule has 0 heterocycles. The molecule has 0 aromatic heterocycles. The molecule has 17 heavy (non-hydrogen) atoms. The molecule has 1 aromatic rings. The highest BCUT2D eigenvalue weighted by molar-refractivity contribution is 9.09. The van der Waals surface area contributed by atoms with Gasteiger partial charge in [0.1, 0.15) is 0 Å². The lowest BCUT2D eigenvalue weighted by Gasteiger charge is -2.32. The lowest BCUT2D eigenvalue weighted by Crippen LogP contribution is -2.19. The smallest absolute Gasteiger partial charge is 0.0454 e. The summed E-state index contributed by atoms with van der Waals surface area (Å²) in [6.45, 7) is 9.13. The van der Waals surface area contributed by atoms with Crippen molar-refractivity contribution in [2.45, 2.75) is 58.2 Å². The van der Waals surface area contributed by atoms with Crippen molar-refractivity contribution in [1.82, 2.24) is 0 Å². The summed E-state index contributed by atoms with van der Waals surface area (Å²) >= 11 is 4.00. The van der Waals surface area contributed by atoms with Crippen LogP contribution in [-0.2, 0) is 0 Å². The Morgan fingerprint density at radius 3 is 2.00 bits per heavy atom. The number of hydrogen-bond acceptors (Lipinski definition) is 0. The van der Waals surface area contributed by atoms with Gasteiger partial charge in [-0.25, -0.2) is 0 Å². The monoisotopic (exact) mass is 294 g/mol. The van der Waals surface area contributed by atoms with Gasteiger partial charge in [0.25, 0.3) is 0 Å². The average Bonchev–Trinajstić information content (AvgIpc) is 2.64. The first kappa shape index (κ1) is 13.1. The van der Waals surface area contributed by atoms with Crippen LogP contribution in [0.2, 0.25) is 0 Å². The average molecular weight is 295 g/mol. The topological polar surface area (TPSA) is 0 Å². The molecule has 0 amide bonds. The van der Waals surface area contributed by atoms with E-state index in [1.165, 1.54) is 47.9 Å². The summed E-state index contributed by atoms with van der Waals surface area (Å²) in [5.41, 5.74) is 6.24. The zero-order valence-corrected chi connectivity index (χ0v) is 13.0. The molecule has 0 bridgehead atoms. The largest absolute Gasteiger partial charge is 0.0833 e. The molecule has 0 spiro atoms. The quantitative estimate of drug-likeness (QED) is 0.620. The summed E-state index contributed by atoms with van der Waals surface area (Å²) in [5, 5.41) is 0. The first-order chi connectivity index (χ1) is 7.94. The fourth-order valence-corrected chi connectivity index (χ4v) is 4.56. The zero-order chi connectivity index (χ0) is 12.6. The third kappa shape index (κ3) is 2.45. The Balaban J connectivity index is 2.40. The van der Waals surface area contributed by atoms with Gasteiger partial charge in [0, 0.05) is 4.83 Å². The van der Waals surface area contributed by atoms with Crippen molar-refractivity contribution in [3.05, 3.63) is 34.4 Å². The van der Waals surface area contributed by atoms with Gasteiger partial charge in [0.2, 0.25) is 0 Å². The Morgan fingerprint density at radius 2 is 1.53 bits per heavy atom. The van der Waals surface area contributed by atoms with Crippen LogP contribution in [0.15, 0.2) is 12.1 Å². The van der Waals surface area contributed by atoms with Crippen molar-refractivity contribution >= 4 is 15.9 Å². The Kier molecular flexibility index (Phi) is 3.68. The molecule has 2 rings (SSSR count). The lowest BCUT2D eigenvalue weighted by atomic mass is 9.79. The minimum Gasteiger partial charge on any atom is -0.0833 e. The van der Waals surface area contributed by atoms with Gasteiger partial charge in [-0.05, 0) is 55.7 Å². The van der Waals surface area contributed by atoms with E-state index in [0.29, 0.717) is 10.2 Å². The number of benzene rings is 1. The number of rotatable bonds is 2. The summed E-state index contributed by atoms with van der Waals surface area (Å²) < 4.78 is 0. The molecule has 1 heteroatoms. The molecular formula is C16H23Br. The van der Waals surface area contributed by atoms with E-state index in [1.54, 1.807) is 0 Å². The Labute approximate surface area is 114 Å². The highest BCUT2D eigenvalue weighted by Gasteiger charge is 2.37. The van der Waals surface area contributed by atoms with Crippen molar-refractivity contribution in [3.8, 4) is 0 Å². The standard InChI is InChI=1S/C16H23Br/c1-11-9-12(2)14(13(3)10-11)15(17)16(4)7-5-6-8-16/h9-10,15H,5-8H2,1-4H3. The minimum absolute atomic E-state index is 0.449. The van der Waals surface area contributed by atoms with E-state index in [0.717, 1.165) is 0 Å². The van der Waals surface area contributed by atoms with Crippen molar-refractivity contribution in [2.75, 3.05) is 0 Å². The normalized spacial score (nSPS) is 20.5. The van der Waals surface area contributed by atoms with E-state index >= 15 is 0 Å². The van der Waals surface area contributed by atoms with Gasteiger partial charge in [-0.15, -0.1) is 0 Å². The summed E-state index contributed by atoms with van der Waals surface area (Å²) in [6, 6.07) is 4.63. The van der Waals surface area contributed by atoms with Gasteiger partial charge in [0.15, 0.2) is 0 Å². The zero-order valence-electron chi connectivity index (χ0n) is 11.4. The van der Waals surface area contributed by atoms with Crippen molar-refractivity contribution in [2.24, 2.45) is 5.41 Å². The predicted octanol–water partition coefficient (Wildman–Crippen LogP) is 5.63. The second kappa shape index (κ2) is 4.76. The Hall–Kier alpha value is -0.300. The van der Waals surface area contributed by atoms with Gasteiger partial charge in [-0.3, -0.25) is 0 Å². The van der Waals surface area contributed by atoms with Crippen molar-refractivity contribution < 1.29 is 0 Å². The summed E-state index contributed by atoms with van der Waals surface area (Å²) in [7, 11) is 0. The van der Waals surface area contributed by atoms with Crippen LogP contribution in [0.5, 0.6) is 0 Å². The highest BCUT2D eigenvalue weighted by atomic mass is 79.9. The molecule has 0 saturated heterocycles. The number of halogens is 1. The SMILES string of the molecule is Cc1cc(C)c(C(Br)C2(C)CCCC2)c(C)c1. The number of hydrogen-bond donors (Lipinski definition) is 0. The van der Waals surface area contributed by atoms with Gasteiger partial charge in [-0.2, -0.15) is 0 Å². The maximum absolute atomic E-state index is 4.00. The Morgan fingerprint density at radius 1 is 1.06 bits per heavy atom. The summed E-state index contributed by atoms with van der Waals surface area (Å²) in [5.74, 6) is 0. The molecule has 1 saturated carbocycles. The predicted molar refractivity (Wildman–Crippen MR) is 78.9 cm³/mol. The minimum atomic E-state index is 0.449. The maximum Gasteiger partial charge on any atom is 0.0454 e. The molecule has 94 valence electrons. The van der Waals surface area contributed by atoms with Gasteiger partial charge in [0.05, 0.1) is 0 Å². The Bertz CT molecular complexity index is 391. The molecular weight excluding hydrogens is 272 g/mol. The van der Waals surface area contributed by atoms with Crippen LogP contribution >= 0.6 is 15.9 Å². The van der Waals surface area contributed by atoms with Crippen molar-refractivity contribution in [1.29, 1.82) is 0 Å². The van der Waals surface area contributed by atoms with Crippen LogP contribution in [0.25, 0.3) is 0 Å². The number of aryl methyl sites for hydroxylation is 3. The third-order valence-corrected chi connectivity index (χ3v) is 5.91. The first-order valence-electron chi connectivity index (χ1n) is 6.66.